The van der Waals surface area contributed by atoms with E-state index >= 15 is 0 Å². The third kappa shape index (κ3) is 7.19. The number of thioether (sulfide) groups is 1. The highest BCUT2D eigenvalue weighted by Gasteiger charge is 2.19. The zero-order chi connectivity index (χ0) is 21.4. The fourth-order valence-electron chi connectivity index (χ4n) is 2.53. The maximum Gasteiger partial charge on any atom is 0.238 e. The zero-order valence-electron chi connectivity index (χ0n) is 16.3. The van der Waals surface area contributed by atoms with Crippen LogP contribution in [0.5, 0.6) is 0 Å². The average Bonchev–Trinajstić information content (AvgIpc) is 2.66. The Balaban J connectivity index is 2.04. The smallest absolute Gasteiger partial charge is 0.238 e. The number of carbonyl (C=O) groups is 2. The van der Waals surface area contributed by atoms with Crippen molar-refractivity contribution in [1.82, 2.24) is 0 Å². The van der Waals surface area contributed by atoms with Crippen molar-refractivity contribution >= 4 is 45.0 Å². The lowest BCUT2D eigenvalue weighted by molar-refractivity contribution is -0.116. The zero-order valence-corrected chi connectivity index (χ0v) is 18.0. The molecule has 0 aromatic heterocycles. The van der Waals surface area contributed by atoms with Crippen molar-refractivity contribution in [2.75, 3.05) is 10.6 Å². The summed E-state index contributed by atoms with van der Waals surface area (Å²) in [6, 6.07) is 13.1. The van der Waals surface area contributed by atoms with Gasteiger partial charge in [-0.25, -0.2) is 13.6 Å². The molecule has 1 unspecified atom stereocenters. The van der Waals surface area contributed by atoms with E-state index in [1.807, 2.05) is 38.1 Å². The van der Waals surface area contributed by atoms with E-state index in [1.165, 1.54) is 36.0 Å². The molecule has 0 heterocycles. The van der Waals surface area contributed by atoms with Gasteiger partial charge in [0.15, 0.2) is 0 Å². The summed E-state index contributed by atoms with van der Waals surface area (Å²) < 4.78 is 22.6. The van der Waals surface area contributed by atoms with Gasteiger partial charge in [0, 0.05) is 22.7 Å². The maximum atomic E-state index is 12.6. The third-order valence-corrected chi connectivity index (χ3v) is 6.27. The third-order valence-electron chi connectivity index (χ3n) is 3.99. The standard InChI is InChI=1S/C20H25N3O4S2/c1-3-6-19(24)22-15-7-5-8-16(13-15)28-18(4-2)20(25)23-14-9-11-17(12-10-14)29(21,26)27/h5,7-13,18H,3-4,6H2,1-2H3,(H,22,24)(H,23,25)(H2,21,26,27). The summed E-state index contributed by atoms with van der Waals surface area (Å²) in [4.78, 5) is 25.3. The van der Waals surface area contributed by atoms with E-state index in [1.54, 1.807) is 0 Å². The largest absolute Gasteiger partial charge is 0.326 e. The van der Waals surface area contributed by atoms with Gasteiger partial charge in [0.05, 0.1) is 10.1 Å². The van der Waals surface area contributed by atoms with Crippen LogP contribution in [0.3, 0.4) is 0 Å². The van der Waals surface area contributed by atoms with Gasteiger partial charge in [-0.3, -0.25) is 9.59 Å². The second-order valence-electron chi connectivity index (χ2n) is 6.40. The minimum absolute atomic E-state index is 0.0150. The van der Waals surface area contributed by atoms with Gasteiger partial charge in [-0.05, 0) is 55.3 Å². The van der Waals surface area contributed by atoms with Gasteiger partial charge in [0.2, 0.25) is 21.8 Å². The molecule has 0 aliphatic carbocycles. The predicted octanol–water partition coefficient (Wildman–Crippen LogP) is 3.58. The summed E-state index contributed by atoms with van der Waals surface area (Å²) in [5.74, 6) is -0.233. The van der Waals surface area contributed by atoms with Crippen LogP contribution in [0.15, 0.2) is 58.3 Å². The van der Waals surface area contributed by atoms with Gasteiger partial charge in [-0.2, -0.15) is 0 Å². The van der Waals surface area contributed by atoms with Crippen LogP contribution in [0, 0.1) is 0 Å². The Kier molecular flexibility index (Phi) is 8.24. The molecular formula is C20H25N3O4S2. The first-order valence-corrected chi connectivity index (χ1v) is 11.7. The Hall–Kier alpha value is -2.36. The molecule has 1 atom stereocenters. The molecule has 0 fully saturated rings. The van der Waals surface area contributed by atoms with Crippen LogP contribution in [0.1, 0.15) is 33.1 Å². The van der Waals surface area contributed by atoms with Crippen LogP contribution < -0.4 is 15.8 Å². The minimum atomic E-state index is -3.77. The van der Waals surface area contributed by atoms with Gasteiger partial charge in [-0.15, -0.1) is 11.8 Å². The SMILES string of the molecule is CCCC(=O)Nc1cccc(SC(CC)C(=O)Nc2ccc(S(N)(=O)=O)cc2)c1. The molecular weight excluding hydrogens is 410 g/mol. The van der Waals surface area contributed by atoms with Gasteiger partial charge in [0.1, 0.15) is 0 Å². The molecule has 2 rings (SSSR count). The fraction of sp³-hybridized carbons (Fsp3) is 0.300. The Morgan fingerprint density at radius 2 is 1.72 bits per heavy atom. The number of amides is 2. The average molecular weight is 436 g/mol. The van der Waals surface area contributed by atoms with E-state index in [-0.39, 0.29) is 22.0 Å². The van der Waals surface area contributed by atoms with E-state index < -0.39 is 10.0 Å². The van der Waals surface area contributed by atoms with Crippen LogP contribution >= 0.6 is 11.8 Å². The lowest BCUT2D eigenvalue weighted by Crippen LogP contribution is -2.24. The number of nitrogens with two attached hydrogens (primary N) is 1. The normalized spacial score (nSPS) is 12.2. The lowest BCUT2D eigenvalue weighted by atomic mass is 10.2. The molecule has 7 nitrogen and oxygen atoms in total. The molecule has 0 saturated carbocycles. The topological polar surface area (TPSA) is 118 Å². The number of anilines is 2. The van der Waals surface area contributed by atoms with Crippen LogP contribution in [0.2, 0.25) is 0 Å². The Bertz CT molecular complexity index is 960. The number of rotatable bonds is 9. The van der Waals surface area contributed by atoms with Crippen molar-refractivity contribution in [2.45, 2.75) is 48.2 Å². The molecule has 9 heteroatoms. The molecule has 0 saturated heterocycles. The molecule has 156 valence electrons. The minimum Gasteiger partial charge on any atom is -0.326 e. The molecule has 4 N–H and O–H groups in total. The number of benzene rings is 2. The molecule has 2 aromatic rings. The van der Waals surface area contributed by atoms with E-state index in [0.717, 1.165) is 11.3 Å². The molecule has 0 aliphatic heterocycles. The van der Waals surface area contributed by atoms with Gasteiger partial charge >= 0.3 is 0 Å². The van der Waals surface area contributed by atoms with E-state index in [9.17, 15) is 18.0 Å². The maximum absolute atomic E-state index is 12.6. The van der Waals surface area contributed by atoms with Crippen molar-refractivity contribution in [1.29, 1.82) is 0 Å². The van der Waals surface area contributed by atoms with Crippen LogP contribution in [-0.4, -0.2) is 25.5 Å². The number of hydrogen-bond acceptors (Lipinski definition) is 5. The predicted molar refractivity (Wildman–Crippen MR) is 116 cm³/mol. The van der Waals surface area contributed by atoms with E-state index in [4.69, 9.17) is 5.14 Å². The van der Waals surface area contributed by atoms with Gasteiger partial charge in [-0.1, -0.05) is 19.9 Å². The molecule has 2 amide bonds. The van der Waals surface area contributed by atoms with Crippen molar-refractivity contribution in [2.24, 2.45) is 5.14 Å². The highest BCUT2D eigenvalue weighted by atomic mass is 32.2. The summed E-state index contributed by atoms with van der Waals surface area (Å²) in [6.07, 6.45) is 1.83. The van der Waals surface area contributed by atoms with Gasteiger partial charge < -0.3 is 10.6 Å². The van der Waals surface area contributed by atoms with Crippen LogP contribution in [0.25, 0.3) is 0 Å². The summed E-state index contributed by atoms with van der Waals surface area (Å²) >= 11 is 1.40. The van der Waals surface area contributed by atoms with Crippen LogP contribution in [-0.2, 0) is 19.6 Å². The monoisotopic (exact) mass is 435 g/mol. The number of carbonyl (C=O) groups excluding carboxylic acids is 2. The molecule has 0 aliphatic rings. The first-order valence-electron chi connectivity index (χ1n) is 9.23. The highest BCUT2D eigenvalue weighted by molar-refractivity contribution is 8.00. The number of primary sulfonamides is 1. The summed E-state index contributed by atoms with van der Waals surface area (Å²) in [6.45, 7) is 3.85. The van der Waals surface area contributed by atoms with Crippen LogP contribution in [0.4, 0.5) is 11.4 Å². The molecule has 0 spiro atoms. The second-order valence-corrected chi connectivity index (χ2v) is 9.24. The van der Waals surface area contributed by atoms with E-state index in [0.29, 0.717) is 24.2 Å². The molecule has 0 bridgehead atoms. The lowest BCUT2D eigenvalue weighted by Gasteiger charge is -2.15. The Morgan fingerprint density at radius 1 is 1.03 bits per heavy atom. The Morgan fingerprint density at radius 3 is 2.31 bits per heavy atom. The number of hydrogen-bond donors (Lipinski definition) is 3. The number of sulfonamides is 1. The molecule has 2 aromatic carbocycles. The molecule has 0 radical (unpaired) electrons. The first kappa shape index (κ1) is 22.9. The quantitative estimate of drug-likeness (QED) is 0.520. The van der Waals surface area contributed by atoms with Crippen molar-refractivity contribution in [3.05, 3.63) is 48.5 Å². The fourth-order valence-corrected chi connectivity index (χ4v) is 4.06. The van der Waals surface area contributed by atoms with Gasteiger partial charge in [0.25, 0.3) is 0 Å². The van der Waals surface area contributed by atoms with Crippen molar-refractivity contribution in [3.8, 4) is 0 Å². The second kappa shape index (κ2) is 10.4. The van der Waals surface area contributed by atoms with Crippen molar-refractivity contribution < 1.29 is 18.0 Å². The number of nitrogens with one attached hydrogen (secondary N) is 2. The summed E-state index contributed by atoms with van der Waals surface area (Å²) in [5, 5.41) is 10.4. The summed E-state index contributed by atoms with van der Waals surface area (Å²) in [5.41, 5.74) is 1.18. The van der Waals surface area contributed by atoms with E-state index in [2.05, 4.69) is 10.6 Å². The summed E-state index contributed by atoms with van der Waals surface area (Å²) in [7, 11) is -3.77. The first-order chi connectivity index (χ1) is 13.7. The van der Waals surface area contributed by atoms with Crippen molar-refractivity contribution in [3.63, 3.8) is 0 Å². The molecule has 29 heavy (non-hydrogen) atoms. The Labute approximate surface area is 175 Å². The highest BCUT2D eigenvalue weighted by Crippen LogP contribution is 2.28.